The van der Waals surface area contributed by atoms with Gasteiger partial charge in [-0.3, -0.25) is 4.79 Å². The van der Waals surface area contributed by atoms with Crippen molar-refractivity contribution in [3.8, 4) is 11.8 Å². The number of hydrogen-bond donors (Lipinski definition) is 1. The predicted octanol–water partition coefficient (Wildman–Crippen LogP) is 2.46. The standard InChI is InChI=1S/C15H18N2O3/c1-19-13-7-4-5-11(10-16)15(13)17-14(18)9-12-6-2-3-8-20-12/h4-5,7,12H,2-3,6,8-9H2,1H3,(H,17,18). The number of rotatable bonds is 4. The SMILES string of the molecule is COc1cccc(C#N)c1NC(=O)CC1CCCCO1. The lowest BCUT2D eigenvalue weighted by Crippen LogP contribution is -2.26. The number of hydrogen-bond acceptors (Lipinski definition) is 4. The van der Waals surface area contributed by atoms with Crippen molar-refractivity contribution >= 4 is 11.6 Å². The van der Waals surface area contributed by atoms with Gasteiger partial charge in [0.2, 0.25) is 5.91 Å². The minimum absolute atomic E-state index is 0.0241. The zero-order valence-electron chi connectivity index (χ0n) is 11.5. The average Bonchev–Trinajstić information content (AvgIpc) is 2.48. The van der Waals surface area contributed by atoms with Crippen molar-refractivity contribution in [2.45, 2.75) is 31.8 Å². The van der Waals surface area contributed by atoms with Gasteiger partial charge in [-0.25, -0.2) is 0 Å². The van der Waals surface area contributed by atoms with Crippen LogP contribution in [0.4, 0.5) is 5.69 Å². The molecule has 5 nitrogen and oxygen atoms in total. The van der Waals surface area contributed by atoms with Gasteiger partial charge < -0.3 is 14.8 Å². The summed E-state index contributed by atoms with van der Waals surface area (Å²) in [6, 6.07) is 7.14. The van der Waals surface area contributed by atoms with E-state index in [1.807, 2.05) is 0 Å². The molecule has 0 spiro atoms. The molecule has 1 N–H and O–H groups in total. The van der Waals surface area contributed by atoms with E-state index < -0.39 is 0 Å². The molecule has 0 saturated carbocycles. The summed E-state index contributed by atoms with van der Waals surface area (Å²) in [5.41, 5.74) is 0.820. The molecule has 0 radical (unpaired) electrons. The number of anilines is 1. The molecule has 5 heteroatoms. The van der Waals surface area contributed by atoms with Crippen LogP contribution in [-0.2, 0) is 9.53 Å². The van der Waals surface area contributed by atoms with E-state index in [0.29, 0.717) is 23.4 Å². The Kier molecular flexibility index (Phi) is 4.97. The van der Waals surface area contributed by atoms with Crippen molar-refractivity contribution in [3.63, 3.8) is 0 Å². The molecule has 2 rings (SSSR count). The summed E-state index contributed by atoms with van der Waals surface area (Å²) in [6.45, 7) is 0.718. The van der Waals surface area contributed by atoms with E-state index in [1.54, 1.807) is 18.2 Å². The molecule has 1 atom stereocenters. The molecule has 1 aliphatic rings. The third-order valence-corrected chi connectivity index (χ3v) is 3.32. The Bertz CT molecular complexity index is 516. The van der Waals surface area contributed by atoms with Gasteiger partial charge in [-0.05, 0) is 31.4 Å². The van der Waals surface area contributed by atoms with Crippen LogP contribution >= 0.6 is 0 Å². The number of methoxy groups -OCH3 is 1. The first kappa shape index (κ1) is 14.4. The molecular formula is C15H18N2O3. The molecule has 0 aliphatic carbocycles. The number of nitriles is 1. The number of amides is 1. The normalized spacial score (nSPS) is 18.1. The minimum Gasteiger partial charge on any atom is -0.495 e. The maximum atomic E-state index is 12.1. The second-order valence-electron chi connectivity index (χ2n) is 4.74. The summed E-state index contributed by atoms with van der Waals surface area (Å²) in [5, 5.41) is 11.9. The summed E-state index contributed by atoms with van der Waals surface area (Å²) >= 11 is 0. The van der Waals surface area contributed by atoms with Crippen molar-refractivity contribution in [3.05, 3.63) is 23.8 Å². The fraction of sp³-hybridized carbons (Fsp3) is 0.467. The summed E-state index contributed by atoms with van der Waals surface area (Å²) in [6.07, 6.45) is 3.34. The van der Waals surface area contributed by atoms with E-state index in [9.17, 15) is 4.79 Å². The lowest BCUT2D eigenvalue weighted by Gasteiger charge is -2.22. The van der Waals surface area contributed by atoms with Crippen LogP contribution in [-0.4, -0.2) is 25.7 Å². The average molecular weight is 274 g/mol. The lowest BCUT2D eigenvalue weighted by molar-refractivity contribution is -0.119. The number of carbonyl (C=O) groups excluding carboxylic acids is 1. The summed E-state index contributed by atoms with van der Waals surface area (Å²) in [5.74, 6) is 0.333. The van der Waals surface area contributed by atoms with Crippen molar-refractivity contribution in [1.82, 2.24) is 0 Å². The number of benzene rings is 1. The van der Waals surface area contributed by atoms with Crippen LogP contribution < -0.4 is 10.1 Å². The molecule has 1 aromatic carbocycles. The maximum Gasteiger partial charge on any atom is 0.227 e. The van der Waals surface area contributed by atoms with Crippen LogP contribution in [0.25, 0.3) is 0 Å². The lowest BCUT2D eigenvalue weighted by atomic mass is 10.1. The van der Waals surface area contributed by atoms with Gasteiger partial charge in [0, 0.05) is 6.61 Å². The first-order chi connectivity index (χ1) is 9.74. The molecule has 1 saturated heterocycles. The maximum absolute atomic E-state index is 12.1. The Morgan fingerprint density at radius 3 is 3.05 bits per heavy atom. The van der Waals surface area contributed by atoms with Crippen molar-refractivity contribution < 1.29 is 14.3 Å². The smallest absolute Gasteiger partial charge is 0.227 e. The number of ether oxygens (including phenoxy) is 2. The molecule has 106 valence electrons. The van der Waals surface area contributed by atoms with E-state index >= 15 is 0 Å². The fourth-order valence-corrected chi connectivity index (χ4v) is 2.29. The highest BCUT2D eigenvalue weighted by molar-refractivity contribution is 5.94. The van der Waals surface area contributed by atoms with Gasteiger partial charge in [-0.1, -0.05) is 6.07 Å². The van der Waals surface area contributed by atoms with Crippen LogP contribution in [0.2, 0.25) is 0 Å². The van der Waals surface area contributed by atoms with Gasteiger partial charge in [0.25, 0.3) is 0 Å². The zero-order valence-corrected chi connectivity index (χ0v) is 11.5. The monoisotopic (exact) mass is 274 g/mol. The van der Waals surface area contributed by atoms with Crippen LogP contribution in [0.15, 0.2) is 18.2 Å². The summed E-state index contributed by atoms with van der Waals surface area (Å²) in [7, 11) is 1.51. The number of carbonyl (C=O) groups is 1. The summed E-state index contributed by atoms with van der Waals surface area (Å²) < 4.78 is 10.7. The zero-order chi connectivity index (χ0) is 14.4. The molecule has 20 heavy (non-hydrogen) atoms. The van der Waals surface area contributed by atoms with Gasteiger partial charge in [-0.2, -0.15) is 5.26 Å². The number of para-hydroxylation sites is 1. The molecule has 1 fully saturated rings. The van der Waals surface area contributed by atoms with E-state index in [0.717, 1.165) is 25.9 Å². The van der Waals surface area contributed by atoms with Gasteiger partial charge in [0.15, 0.2) is 0 Å². The Labute approximate surface area is 118 Å². The third kappa shape index (κ3) is 3.49. The molecule has 1 aliphatic heterocycles. The van der Waals surface area contributed by atoms with Crippen molar-refractivity contribution in [1.29, 1.82) is 5.26 Å². The topological polar surface area (TPSA) is 71.3 Å². The van der Waals surface area contributed by atoms with E-state index in [4.69, 9.17) is 14.7 Å². The highest BCUT2D eigenvalue weighted by atomic mass is 16.5. The molecule has 1 aromatic rings. The first-order valence-corrected chi connectivity index (χ1v) is 6.73. The fourth-order valence-electron chi connectivity index (χ4n) is 2.29. The molecular weight excluding hydrogens is 256 g/mol. The van der Waals surface area contributed by atoms with Gasteiger partial charge in [0.05, 0.1) is 25.2 Å². The summed E-state index contributed by atoms with van der Waals surface area (Å²) in [4.78, 5) is 12.1. The molecule has 1 heterocycles. The predicted molar refractivity (Wildman–Crippen MR) is 74.5 cm³/mol. The quantitative estimate of drug-likeness (QED) is 0.915. The van der Waals surface area contributed by atoms with Crippen LogP contribution in [0, 0.1) is 11.3 Å². The Morgan fingerprint density at radius 2 is 2.40 bits per heavy atom. The molecule has 1 unspecified atom stereocenters. The van der Waals surface area contributed by atoms with Crippen molar-refractivity contribution in [2.75, 3.05) is 19.0 Å². The first-order valence-electron chi connectivity index (χ1n) is 6.73. The van der Waals surface area contributed by atoms with Gasteiger partial charge in [-0.15, -0.1) is 0 Å². The number of nitrogens with zero attached hydrogens (tertiary/aromatic N) is 1. The molecule has 1 amide bonds. The largest absolute Gasteiger partial charge is 0.495 e. The van der Waals surface area contributed by atoms with Crippen LogP contribution in [0.1, 0.15) is 31.2 Å². The van der Waals surface area contributed by atoms with Gasteiger partial charge >= 0.3 is 0 Å². The Morgan fingerprint density at radius 1 is 1.55 bits per heavy atom. The Balaban J connectivity index is 2.05. The second-order valence-corrected chi connectivity index (χ2v) is 4.74. The van der Waals surface area contributed by atoms with Crippen molar-refractivity contribution in [2.24, 2.45) is 0 Å². The number of nitrogens with one attached hydrogen (secondary N) is 1. The van der Waals surface area contributed by atoms with E-state index in [1.165, 1.54) is 7.11 Å². The highest BCUT2D eigenvalue weighted by Crippen LogP contribution is 2.28. The molecule has 0 bridgehead atoms. The van der Waals surface area contributed by atoms with Gasteiger partial charge in [0.1, 0.15) is 17.5 Å². The van der Waals surface area contributed by atoms with E-state index in [2.05, 4.69) is 11.4 Å². The van der Waals surface area contributed by atoms with Crippen LogP contribution in [0.5, 0.6) is 5.75 Å². The minimum atomic E-state index is -0.155. The second kappa shape index (κ2) is 6.92. The molecule has 0 aromatic heterocycles. The van der Waals surface area contributed by atoms with Crippen LogP contribution in [0.3, 0.4) is 0 Å². The van der Waals surface area contributed by atoms with E-state index in [-0.39, 0.29) is 12.0 Å². The Hall–Kier alpha value is -2.06. The third-order valence-electron chi connectivity index (χ3n) is 3.32. The highest BCUT2D eigenvalue weighted by Gasteiger charge is 2.19.